The Morgan fingerprint density at radius 3 is 2.30 bits per heavy atom. The minimum absolute atomic E-state index is 0.0122. The average Bonchev–Trinajstić information content (AvgIpc) is 2.94. The summed E-state index contributed by atoms with van der Waals surface area (Å²) in [5, 5.41) is 3.77. The van der Waals surface area contributed by atoms with E-state index in [1.165, 1.54) is 48.5 Å². The molecular weight excluding hydrogens is 342 g/mol. The number of hydrogen-bond donors (Lipinski definition) is 1. The molecule has 1 aromatic carbocycles. The normalized spacial score (nSPS) is 12.3. The molecule has 23 heavy (non-hydrogen) atoms. The van der Waals surface area contributed by atoms with Gasteiger partial charge in [-0.2, -0.15) is 5.10 Å². The second-order valence-corrected chi connectivity index (χ2v) is 8.62. The van der Waals surface area contributed by atoms with E-state index in [-0.39, 0.29) is 22.1 Å². The van der Waals surface area contributed by atoms with E-state index in [1.807, 2.05) is 0 Å². The van der Waals surface area contributed by atoms with Crippen molar-refractivity contribution < 1.29 is 21.6 Å². The first kappa shape index (κ1) is 17.4. The number of methoxy groups -OCH3 is 1. The number of nitrogens with one attached hydrogen (secondary N) is 1. The van der Waals surface area contributed by atoms with E-state index >= 15 is 0 Å². The molecule has 8 nitrogen and oxygen atoms in total. The maximum Gasteiger partial charge on any atom is 0.243 e. The Bertz CT molecular complexity index is 871. The van der Waals surface area contributed by atoms with Gasteiger partial charge in [0.05, 0.1) is 24.0 Å². The van der Waals surface area contributed by atoms with Gasteiger partial charge < -0.3 is 4.74 Å². The van der Waals surface area contributed by atoms with E-state index in [0.29, 0.717) is 5.75 Å². The van der Waals surface area contributed by atoms with Crippen LogP contribution in [0.2, 0.25) is 0 Å². The fraction of sp³-hybridized carbons (Fsp3) is 0.308. The molecule has 2 aromatic rings. The molecule has 0 saturated carbocycles. The van der Waals surface area contributed by atoms with Crippen LogP contribution in [-0.2, 0) is 26.9 Å². The lowest BCUT2D eigenvalue weighted by atomic mass is 10.3. The predicted molar refractivity (Wildman–Crippen MR) is 83.4 cm³/mol. The summed E-state index contributed by atoms with van der Waals surface area (Å²) >= 11 is 0. The summed E-state index contributed by atoms with van der Waals surface area (Å²) in [4.78, 5) is 0.0979. The molecule has 0 unspecified atom stereocenters. The van der Waals surface area contributed by atoms with E-state index in [1.54, 1.807) is 7.05 Å². The first-order valence-corrected chi connectivity index (χ1v) is 9.73. The molecule has 0 aliphatic carbocycles. The van der Waals surface area contributed by atoms with Gasteiger partial charge in [-0.1, -0.05) is 0 Å². The van der Waals surface area contributed by atoms with Crippen molar-refractivity contribution >= 4 is 19.9 Å². The molecule has 1 N–H and O–H groups in total. The lowest BCUT2D eigenvalue weighted by Gasteiger charge is -2.07. The largest absolute Gasteiger partial charge is 0.497 e. The number of hydrogen-bond acceptors (Lipinski definition) is 6. The van der Waals surface area contributed by atoms with Crippen molar-refractivity contribution in [2.45, 2.75) is 9.79 Å². The Morgan fingerprint density at radius 2 is 1.78 bits per heavy atom. The van der Waals surface area contributed by atoms with Gasteiger partial charge in [-0.25, -0.2) is 21.6 Å². The van der Waals surface area contributed by atoms with Crippen LogP contribution in [0.4, 0.5) is 0 Å². The Kier molecular flexibility index (Phi) is 5.07. The molecule has 0 radical (unpaired) electrons. The molecule has 0 aliphatic rings. The average molecular weight is 359 g/mol. The Balaban J connectivity index is 2.02. The Hall–Kier alpha value is -1.91. The van der Waals surface area contributed by atoms with Gasteiger partial charge in [0.2, 0.25) is 10.0 Å². The standard InChI is InChI=1S/C13H17N3O5S2/c1-16-10-13(9-14-16)23(19,20)15-7-8-22(17,18)12-5-3-11(21-2)4-6-12/h3-6,9-10,15H,7-8H2,1-2H3. The van der Waals surface area contributed by atoms with Crippen LogP contribution >= 0.6 is 0 Å². The number of rotatable bonds is 7. The smallest absolute Gasteiger partial charge is 0.243 e. The third kappa shape index (κ3) is 4.30. The molecule has 1 aromatic heterocycles. The zero-order valence-electron chi connectivity index (χ0n) is 12.6. The van der Waals surface area contributed by atoms with E-state index in [4.69, 9.17) is 4.74 Å². The van der Waals surface area contributed by atoms with Crippen molar-refractivity contribution in [2.24, 2.45) is 7.05 Å². The van der Waals surface area contributed by atoms with Crippen LogP contribution in [0.15, 0.2) is 46.5 Å². The van der Waals surface area contributed by atoms with Gasteiger partial charge in [0.25, 0.3) is 0 Å². The summed E-state index contributed by atoms with van der Waals surface area (Å²) in [6.07, 6.45) is 2.53. The molecule has 0 saturated heterocycles. The summed E-state index contributed by atoms with van der Waals surface area (Å²) in [5.74, 6) is 0.194. The van der Waals surface area contributed by atoms with E-state index in [2.05, 4.69) is 9.82 Å². The van der Waals surface area contributed by atoms with Crippen LogP contribution in [0.1, 0.15) is 0 Å². The number of aryl methyl sites for hydroxylation is 1. The first-order valence-electron chi connectivity index (χ1n) is 6.60. The Labute approximate surface area is 135 Å². The van der Waals surface area contributed by atoms with Crippen molar-refractivity contribution in [1.82, 2.24) is 14.5 Å². The van der Waals surface area contributed by atoms with E-state index in [0.717, 1.165) is 0 Å². The topological polar surface area (TPSA) is 107 Å². The third-order valence-electron chi connectivity index (χ3n) is 3.07. The first-order chi connectivity index (χ1) is 10.7. The van der Waals surface area contributed by atoms with Crippen molar-refractivity contribution in [3.63, 3.8) is 0 Å². The number of sulfonamides is 1. The SMILES string of the molecule is COc1ccc(S(=O)(=O)CCNS(=O)(=O)c2cnn(C)c2)cc1. The molecule has 0 atom stereocenters. The van der Waals surface area contributed by atoms with Crippen LogP contribution in [0.3, 0.4) is 0 Å². The van der Waals surface area contributed by atoms with Gasteiger partial charge in [0.15, 0.2) is 9.84 Å². The fourth-order valence-corrected chi connectivity index (χ4v) is 4.13. The summed E-state index contributed by atoms with van der Waals surface area (Å²) in [6, 6.07) is 5.91. The van der Waals surface area contributed by atoms with Crippen molar-refractivity contribution in [1.29, 1.82) is 0 Å². The third-order valence-corrected chi connectivity index (χ3v) is 6.22. The van der Waals surface area contributed by atoms with E-state index < -0.39 is 19.9 Å². The summed E-state index contributed by atoms with van der Waals surface area (Å²) in [6.45, 7) is -0.231. The highest BCUT2D eigenvalue weighted by atomic mass is 32.2. The van der Waals surface area contributed by atoms with Crippen LogP contribution in [0, 0.1) is 0 Å². The molecule has 0 amide bonds. The molecule has 1 heterocycles. The molecule has 2 rings (SSSR count). The van der Waals surface area contributed by atoms with Gasteiger partial charge in [-0.15, -0.1) is 0 Å². The van der Waals surface area contributed by atoms with Gasteiger partial charge in [-0.3, -0.25) is 4.68 Å². The van der Waals surface area contributed by atoms with Crippen molar-refractivity contribution in [3.8, 4) is 5.75 Å². The highest BCUT2D eigenvalue weighted by molar-refractivity contribution is 7.91. The molecule has 10 heteroatoms. The number of benzene rings is 1. The monoisotopic (exact) mass is 359 g/mol. The van der Waals surface area contributed by atoms with Gasteiger partial charge >= 0.3 is 0 Å². The second-order valence-electron chi connectivity index (χ2n) is 4.74. The minimum atomic E-state index is -3.77. The Morgan fingerprint density at radius 1 is 1.13 bits per heavy atom. The predicted octanol–water partition coefficient (Wildman–Crippen LogP) is 0.181. The van der Waals surface area contributed by atoms with Crippen molar-refractivity contribution in [3.05, 3.63) is 36.7 Å². The number of nitrogens with zero attached hydrogens (tertiary/aromatic N) is 2. The second kappa shape index (κ2) is 6.69. The lowest BCUT2D eigenvalue weighted by Crippen LogP contribution is -2.29. The fourth-order valence-electron chi connectivity index (χ4n) is 1.83. The van der Waals surface area contributed by atoms with Crippen LogP contribution < -0.4 is 9.46 Å². The molecule has 126 valence electrons. The van der Waals surface area contributed by atoms with Crippen LogP contribution in [0.5, 0.6) is 5.75 Å². The summed E-state index contributed by atoms with van der Waals surface area (Å²) < 4.78 is 56.8. The molecule has 0 aliphatic heterocycles. The van der Waals surface area contributed by atoms with Crippen LogP contribution in [-0.4, -0.2) is 46.0 Å². The minimum Gasteiger partial charge on any atom is -0.497 e. The summed E-state index contributed by atoms with van der Waals surface area (Å²) in [5.41, 5.74) is 0. The number of aromatic nitrogens is 2. The highest BCUT2D eigenvalue weighted by Gasteiger charge is 2.19. The molecule has 0 bridgehead atoms. The number of ether oxygens (including phenoxy) is 1. The van der Waals surface area contributed by atoms with Gasteiger partial charge in [0.1, 0.15) is 10.6 Å². The lowest BCUT2D eigenvalue weighted by molar-refractivity contribution is 0.414. The zero-order chi connectivity index (χ0) is 17.1. The maximum atomic E-state index is 12.2. The number of sulfone groups is 1. The van der Waals surface area contributed by atoms with Crippen LogP contribution in [0.25, 0.3) is 0 Å². The quantitative estimate of drug-likeness (QED) is 0.756. The van der Waals surface area contributed by atoms with Gasteiger partial charge in [-0.05, 0) is 24.3 Å². The maximum absolute atomic E-state index is 12.2. The van der Waals surface area contributed by atoms with Crippen molar-refractivity contribution in [2.75, 3.05) is 19.4 Å². The van der Waals surface area contributed by atoms with E-state index in [9.17, 15) is 16.8 Å². The zero-order valence-corrected chi connectivity index (χ0v) is 14.3. The summed E-state index contributed by atoms with van der Waals surface area (Å²) in [7, 11) is -4.29. The van der Waals surface area contributed by atoms with Gasteiger partial charge in [0, 0.05) is 19.8 Å². The highest BCUT2D eigenvalue weighted by Crippen LogP contribution is 2.16. The molecule has 0 spiro atoms. The molecule has 0 fully saturated rings. The molecular formula is C13H17N3O5S2.